The van der Waals surface area contributed by atoms with Crippen molar-refractivity contribution in [3.63, 3.8) is 0 Å². The van der Waals surface area contributed by atoms with E-state index >= 15 is 0 Å². The Bertz CT molecular complexity index is 856. The maximum atomic E-state index is 12.8. The van der Waals surface area contributed by atoms with Crippen LogP contribution in [0.3, 0.4) is 0 Å². The number of fused-ring (bicyclic) bond motifs is 1. The fourth-order valence-corrected chi connectivity index (χ4v) is 3.58. The fraction of sp³-hybridized carbons (Fsp3) is 0.333. The highest BCUT2D eigenvalue weighted by molar-refractivity contribution is 7.08. The quantitative estimate of drug-likeness (QED) is 0.564. The summed E-state index contributed by atoms with van der Waals surface area (Å²) in [6.45, 7) is 4.96. The molecule has 0 fully saturated rings. The highest BCUT2D eigenvalue weighted by Crippen LogP contribution is 2.27. The highest BCUT2D eigenvalue weighted by Gasteiger charge is 2.14. The van der Waals surface area contributed by atoms with Gasteiger partial charge in [-0.3, -0.25) is 4.79 Å². The second-order valence-corrected chi connectivity index (χ2v) is 7.18. The van der Waals surface area contributed by atoms with Gasteiger partial charge in [0.15, 0.2) is 0 Å². The van der Waals surface area contributed by atoms with Gasteiger partial charge in [0.1, 0.15) is 0 Å². The van der Waals surface area contributed by atoms with E-state index in [2.05, 4.69) is 17.6 Å². The van der Waals surface area contributed by atoms with Crippen LogP contribution in [0.25, 0.3) is 22.2 Å². The Hall–Kier alpha value is -2.20. The molecule has 2 heterocycles. The molecule has 1 aromatic carbocycles. The first kappa shape index (κ1) is 17.6. The molecule has 0 aliphatic heterocycles. The van der Waals surface area contributed by atoms with Crippen molar-refractivity contribution in [2.75, 3.05) is 6.54 Å². The van der Waals surface area contributed by atoms with Crippen molar-refractivity contribution < 1.29 is 4.79 Å². The first-order chi connectivity index (χ1) is 12.2. The van der Waals surface area contributed by atoms with Crippen LogP contribution in [-0.2, 0) is 0 Å². The zero-order chi connectivity index (χ0) is 17.6. The maximum Gasteiger partial charge on any atom is 0.252 e. The lowest BCUT2D eigenvalue weighted by atomic mass is 10.0. The van der Waals surface area contributed by atoms with Gasteiger partial charge in [0.2, 0.25) is 0 Å². The van der Waals surface area contributed by atoms with Gasteiger partial charge in [-0.15, -0.1) is 0 Å². The van der Waals surface area contributed by atoms with Crippen LogP contribution >= 0.6 is 11.3 Å². The Balaban J connectivity index is 1.91. The van der Waals surface area contributed by atoms with Gasteiger partial charge in [-0.2, -0.15) is 11.3 Å². The van der Waals surface area contributed by atoms with Crippen LogP contribution in [0, 0.1) is 6.92 Å². The average Bonchev–Trinajstić information content (AvgIpc) is 3.15. The molecule has 0 spiro atoms. The van der Waals surface area contributed by atoms with Crippen LogP contribution in [0.5, 0.6) is 0 Å². The molecule has 0 radical (unpaired) electrons. The molecule has 0 bridgehead atoms. The van der Waals surface area contributed by atoms with Crippen LogP contribution in [0.15, 0.2) is 41.1 Å². The number of hydrogen-bond acceptors (Lipinski definition) is 3. The van der Waals surface area contributed by atoms with Gasteiger partial charge in [-0.1, -0.05) is 37.8 Å². The normalized spacial score (nSPS) is 11.0. The minimum absolute atomic E-state index is 0.00835. The predicted molar refractivity (Wildman–Crippen MR) is 106 cm³/mol. The largest absolute Gasteiger partial charge is 0.352 e. The number of rotatable bonds is 7. The van der Waals surface area contributed by atoms with Crippen LogP contribution in [-0.4, -0.2) is 17.4 Å². The van der Waals surface area contributed by atoms with Crippen molar-refractivity contribution in [3.05, 3.63) is 52.2 Å². The van der Waals surface area contributed by atoms with E-state index in [0.717, 1.165) is 47.1 Å². The van der Waals surface area contributed by atoms with Crippen LogP contribution < -0.4 is 5.32 Å². The molecule has 4 heteroatoms. The summed E-state index contributed by atoms with van der Waals surface area (Å²) in [5.41, 5.74) is 4.63. The number of amides is 1. The lowest BCUT2D eigenvalue weighted by Crippen LogP contribution is -2.24. The number of pyridine rings is 1. The van der Waals surface area contributed by atoms with Crippen molar-refractivity contribution >= 4 is 28.1 Å². The van der Waals surface area contributed by atoms with E-state index in [0.29, 0.717) is 5.56 Å². The van der Waals surface area contributed by atoms with Crippen molar-refractivity contribution in [3.8, 4) is 11.3 Å². The number of hydrogen-bond donors (Lipinski definition) is 1. The third-order valence-electron chi connectivity index (χ3n) is 4.34. The van der Waals surface area contributed by atoms with Gasteiger partial charge in [0.25, 0.3) is 5.91 Å². The molecule has 0 unspecified atom stereocenters. The molecule has 2 aromatic heterocycles. The Morgan fingerprint density at radius 2 is 2.04 bits per heavy atom. The summed E-state index contributed by atoms with van der Waals surface area (Å²) in [4.78, 5) is 17.5. The Labute approximate surface area is 153 Å². The number of nitrogens with zero attached hydrogens (tertiary/aromatic N) is 1. The number of nitrogens with one attached hydrogen (secondary N) is 1. The van der Waals surface area contributed by atoms with Gasteiger partial charge in [0, 0.05) is 22.9 Å². The summed E-state index contributed by atoms with van der Waals surface area (Å²) in [7, 11) is 0. The van der Waals surface area contributed by atoms with Crippen molar-refractivity contribution in [2.45, 2.75) is 39.5 Å². The van der Waals surface area contributed by atoms with Crippen molar-refractivity contribution in [2.24, 2.45) is 0 Å². The predicted octanol–water partition coefficient (Wildman–Crippen LogP) is 5.58. The molecule has 0 aliphatic carbocycles. The van der Waals surface area contributed by atoms with E-state index in [1.165, 1.54) is 12.8 Å². The van der Waals surface area contributed by atoms with E-state index in [9.17, 15) is 4.79 Å². The van der Waals surface area contributed by atoms with E-state index < -0.39 is 0 Å². The number of aromatic nitrogens is 1. The fourth-order valence-electron chi connectivity index (χ4n) is 2.93. The summed E-state index contributed by atoms with van der Waals surface area (Å²) in [5, 5.41) is 8.10. The molecule has 1 N–H and O–H groups in total. The topological polar surface area (TPSA) is 42.0 Å². The lowest BCUT2D eigenvalue weighted by molar-refractivity contribution is 0.0954. The van der Waals surface area contributed by atoms with Gasteiger partial charge >= 0.3 is 0 Å². The molecule has 0 aliphatic rings. The number of aryl methyl sites for hydroxylation is 1. The Kier molecular flexibility index (Phi) is 5.82. The number of thiophene rings is 1. The summed E-state index contributed by atoms with van der Waals surface area (Å²) in [5.74, 6) is -0.00835. The number of carbonyl (C=O) groups is 1. The van der Waals surface area contributed by atoms with Gasteiger partial charge in [-0.05, 0) is 43.0 Å². The smallest absolute Gasteiger partial charge is 0.252 e. The number of carbonyl (C=O) groups excluding carboxylic acids is 1. The van der Waals surface area contributed by atoms with Crippen LogP contribution in [0.2, 0.25) is 0 Å². The average molecular weight is 353 g/mol. The van der Waals surface area contributed by atoms with Crippen LogP contribution in [0.4, 0.5) is 0 Å². The first-order valence-corrected chi connectivity index (χ1v) is 9.85. The summed E-state index contributed by atoms with van der Waals surface area (Å²) in [6, 6.07) is 10.0. The summed E-state index contributed by atoms with van der Waals surface area (Å²) < 4.78 is 0. The number of benzene rings is 1. The molecule has 0 saturated carbocycles. The van der Waals surface area contributed by atoms with Gasteiger partial charge < -0.3 is 5.32 Å². The maximum absolute atomic E-state index is 12.8. The van der Waals surface area contributed by atoms with E-state index in [-0.39, 0.29) is 5.91 Å². The molecule has 3 rings (SSSR count). The SMILES string of the molecule is CCCCCCNC(=O)c1cc(-c2ccsc2)nc2ccc(C)cc12. The van der Waals surface area contributed by atoms with E-state index in [1.54, 1.807) is 11.3 Å². The third kappa shape index (κ3) is 4.26. The lowest BCUT2D eigenvalue weighted by Gasteiger charge is -2.11. The third-order valence-corrected chi connectivity index (χ3v) is 5.02. The molecular weight excluding hydrogens is 328 g/mol. The minimum atomic E-state index is -0.00835. The molecule has 1 amide bonds. The zero-order valence-electron chi connectivity index (χ0n) is 14.8. The molecule has 0 saturated heterocycles. The van der Waals surface area contributed by atoms with Crippen molar-refractivity contribution in [1.82, 2.24) is 10.3 Å². The molecule has 3 nitrogen and oxygen atoms in total. The first-order valence-electron chi connectivity index (χ1n) is 8.91. The number of unbranched alkanes of at least 4 members (excludes halogenated alkanes) is 3. The Morgan fingerprint density at radius 3 is 2.80 bits per heavy atom. The molecule has 130 valence electrons. The second kappa shape index (κ2) is 8.26. The van der Waals surface area contributed by atoms with E-state index in [1.807, 2.05) is 42.6 Å². The molecule has 0 atom stereocenters. The highest BCUT2D eigenvalue weighted by atomic mass is 32.1. The molecular formula is C21H24N2OS. The standard InChI is InChI=1S/C21H24N2OS/c1-3-4-5-6-10-22-21(24)18-13-20(16-9-11-25-14-16)23-19-8-7-15(2)12-17(18)19/h7-9,11-14H,3-6,10H2,1-2H3,(H,22,24). The van der Waals surface area contributed by atoms with Gasteiger partial charge in [0.05, 0.1) is 16.8 Å². The van der Waals surface area contributed by atoms with Gasteiger partial charge in [-0.25, -0.2) is 4.98 Å². The molecule has 3 aromatic rings. The van der Waals surface area contributed by atoms with Crippen LogP contribution in [0.1, 0.15) is 48.5 Å². The monoisotopic (exact) mass is 352 g/mol. The minimum Gasteiger partial charge on any atom is -0.352 e. The van der Waals surface area contributed by atoms with E-state index in [4.69, 9.17) is 4.98 Å². The zero-order valence-corrected chi connectivity index (χ0v) is 15.7. The summed E-state index contributed by atoms with van der Waals surface area (Å²) in [6.07, 6.45) is 4.61. The van der Waals surface area contributed by atoms with Crippen molar-refractivity contribution in [1.29, 1.82) is 0 Å². The summed E-state index contributed by atoms with van der Waals surface area (Å²) >= 11 is 1.64. The Morgan fingerprint density at radius 1 is 1.16 bits per heavy atom. The second-order valence-electron chi connectivity index (χ2n) is 6.40. The molecule has 25 heavy (non-hydrogen) atoms.